The molecule has 0 saturated heterocycles. The summed E-state index contributed by atoms with van der Waals surface area (Å²) in [6.45, 7) is 0. The van der Waals surface area contributed by atoms with Gasteiger partial charge in [0.25, 0.3) is 0 Å². The molecule has 0 aliphatic carbocycles. The number of halogens is 3. The van der Waals surface area contributed by atoms with Crippen LogP contribution in [-0.4, -0.2) is 6.29 Å². The van der Waals surface area contributed by atoms with Gasteiger partial charge in [-0.05, 0) is 24.3 Å². The van der Waals surface area contributed by atoms with E-state index in [1.54, 1.807) is 0 Å². The van der Waals surface area contributed by atoms with Gasteiger partial charge in [-0.2, -0.15) is 0 Å². The first-order valence-electron chi connectivity index (χ1n) is 4.31. The fraction of sp³-hybridized carbons (Fsp3) is 0. The van der Waals surface area contributed by atoms with Gasteiger partial charge in [0.2, 0.25) is 0 Å². The summed E-state index contributed by atoms with van der Waals surface area (Å²) in [5.41, 5.74) is 0.275. The molecule has 0 atom stereocenters. The van der Waals surface area contributed by atoms with Crippen LogP contribution in [0.15, 0.2) is 28.7 Å². The lowest BCUT2D eigenvalue weighted by Gasteiger charge is -2.00. The first-order chi connectivity index (χ1) is 7.61. The zero-order valence-electron chi connectivity index (χ0n) is 7.84. The summed E-state index contributed by atoms with van der Waals surface area (Å²) in [7, 11) is 0. The monoisotopic (exact) mass is 242 g/mol. The Kier molecular flexibility index (Phi) is 2.75. The number of carbonyl (C=O) groups excluding carboxylic acids is 1. The van der Waals surface area contributed by atoms with E-state index in [-0.39, 0.29) is 22.1 Å². The highest BCUT2D eigenvalue weighted by molar-refractivity contribution is 6.31. The van der Waals surface area contributed by atoms with Crippen LogP contribution < -0.4 is 0 Å². The molecule has 2 aromatic rings. The van der Waals surface area contributed by atoms with Crippen molar-refractivity contribution in [3.63, 3.8) is 0 Å². The molecule has 0 aliphatic rings. The van der Waals surface area contributed by atoms with Crippen molar-refractivity contribution in [2.45, 2.75) is 0 Å². The Morgan fingerprint density at radius 2 is 2.00 bits per heavy atom. The van der Waals surface area contributed by atoms with Crippen molar-refractivity contribution in [3.05, 3.63) is 46.7 Å². The number of aldehydes is 1. The summed E-state index contributed by atoms with van der Waals surface area (Å²) >= 11 is 5.48. The van der Waals surface area contributed by atoms with Gasteiger partial charge in [-0.3, -0.25) is 4.79 Å². The van der Waals surface area contributed by atoms with Crippen molar-refractivity contribution >= 4 is 17.9 Å². The Balaban J connectivity index is 2.52. The second kappa shape index (κ2) is 4.06. The molecule has 1 aromatic heterocycles. The first-order valence-corrected chi connectivity index (χ1v) is 4.69. The zero-order chi connectivity index (χ0) is 11.7. The van der Waals surface area contributed by atoms with Crippen LogP contribution in [0.1, 0.15) is 10.6 Å². The van der Waals surface area contributed by atoms with Crippen LogP contribution in [0.4, 0.5) is 8.78 Å². The van der Waals surface area contributed by atoms with Gasteiger partial charge in [0.1, 0.15) is 5.76 Å². The van der Waals surface area contributed by atoms with Gasteiger partial charge in [0.05, 0.1) is 5.02 Å². The molecule has 0 spiro atoms. The number of furan rings is 1. The molecule has 0 radical (unpaired) electrons. The topological polar surface area (TPSA) is 30.2 Å². The van der Waals surface area contributed by atoms with Crippen molar-refractivity contribution in [1.29, 1.82) is 0 Å². The van der Waals surface area contributed by atoms with Gasteiger partial charge >= 0.3 is 0 Å². The third-order valence-electron chi connectivity index (χ3n) is 2.01. The smallest absolute Gasteiger partial charge is 0.185 e. The van der Waals surface area contributed by atoms with Crippen LogP contribution in [0.5, 0.6) is 0 Å². The molecule has 0 fully saturated rings. The van der Waals surface area contributed by atoms with Gasteiger partial charge in [-0.15, -0.1) is 0 Å². The average molecular weight is 243 g/mol. The summed E-state index contributed by atoms with van der Waals surface area (Å²) in [4.78, 5) is 10.4. The lowest BCUT2D eigenvalue weighted by molar-refractivity contribution is 0.110. The maximum absolute atomic E-state index is 13.0. The van der Waals surface area contributed by atoms with Crippen molar-refractivity contribution in [1.82, 2.24) is 0 Å². The highest BCUT2D eigenvalue weighted by Crippen LogP contribution is 2.28. The third-order valence-corrected chi connectivity index (χ3v) is 2.29. The van der Waals surface area contributed by atoms with E-state index in [1.807, 2.05) is 0 Å². The van der Waals surface area contributed by atoms with Crippen LogP contribution in [0.3, 0.4) is 0 Å². The van der Waals surface area contributed by atoms with E-state index in [0.29, 0.717) is 6.29 Å². The van der Waals surface area contributed by atoms with Crippen molar-refractivity contribution in [2.75, 3.05) is 0 Å². The Hall–Kier alpha value is -1.68. The highest BCUT2D eigenvalue weighted by atomic mass is 35.5. The molecule has 0 aliphatic heterocycles. The molecule has 16 heavy (non-hydrogen) atoms. The quantitative estimate of drug-likeness (QED) is 0.594. The minimum atomic E-state index is -1.10. The normalized spacial score (nSPS) is 10.4. The zero-order valence-corrected chi connectivity index (χ0v) is 8.59. The third kappa shape index (κ3) is 1.84. The second-order valence-electron chi connectivity index (χ2n) is 3.07. The number of hydrogen-bond acceptors (Lipinski definition) is 2. The molecule has 0 N–H and O–H groups in total. The molecule has 5 heteroatoms. The van der Waals surface area contributed by atoms with Crippen LogP contribution in [0, 0.1) is 11.6 Å². The minimum absolute atomic E-state index is 0.107. The molecule has 0 unspecified atom stereocenters. The number of carbonyl (C=O) groups is 1. The van der Waals surface area contributed by atoms with E-state index in [4.69, 9.17) is 16.0 Å². The van der Waals surface area contributed by atoms with Gasteiger partial charge in [-0.1, -0.05) is 11.6 Å². The molecule has 1 aromatic carbocycles. The summed E-state index contributed by atoms with van der Waals surface area (Å²) in [5.74, 6) is -1.81. The Morgan fingerprint density at radius 3 is 2.56 bits per heavy atom. The van der Waals surface area contributed by atoms with Gasteiger partial charge in [-0.25, -0.2) is 8.78 Å². The second-order valence-corrected chi connectivity index (χ2v) is 3.48. The molecule has 2 rings (SSSR count). The van der Waals surface area contributed by atoms with Crippen LogP contribution >= 0.6 is 11.6 Å². The van der Waals surface area contributed by atoms with E-state index in [1.165, 1.54) is 18.2 Å². The Labute approximate surface area is 94.4 Å². The molecule has 82 valence electrons. The van der Waals surface area contributed by atoms with Crippen molar-refractivity contribution in [3.8, 4) is 11.3 Å². The predicted octanol–water partition coefficient (Wildman–Crippen LogP) is 3.69. The molecular weight excluding hydrogens is 238 g/mol. The first kappa shape index (κ1) is 10.8. The number of rotatable bonds is 2. The molecule has 1 heterocycles. The van der Waals surface area contributed by atoms with Crippen LogP contribution in [0.2, 0.25) is 5.02 Å². The summed E-state index contributed by atoms with van der Waals surface area (Å²) in [5, 5.41) is -0.334. The maximum Gasteiger partial charge on any atom is 0.185 e. The molecule has 0 saturated carbocycles. The largest absolute Gasteiger partial charge is 0.453 e. The standard InChI is InChI=1S/C11H5ClF2O2/c12-8-3-6(4-9(13)11(8)14)10-2-1-7(5-15)16-10/h1-5H. The van der Waals surface area contributed by atoms with Crippen LogP contribution in [0.25, 0.3) is 11.3 Å². The SMILES string of the molecule is O=Cc1ccc(-c2cc(F)c(F)c(Cl)c2)o1. The maximum atomic E-state index is 13.0. The van der Waals surface area contributed by atoms with E-state index in [0.717, 1.165) is 6.07 Å². The predicted molar refractivity (Wildman–Crippen MR) is 54.5 cm³/mol. The fourth-order valence-electron chi connectivity index (χ4n) is 1.27. The van der Waals surface area contributed by atoms with Gasteiger partial charge in [0, 0.05) is 5.56 Å². The lowest BCUT2D eigenvalue weighted by Crippen LogP contribution is -1.86. The van der Waals surface area contributed by atoms with Crippen molar-refractivity contribution in [2.24, 2.45) is 0 Å². The van der Waals surface area contributed by atoms with Gasteiger partial charge < -0.3 is 4.42 Å². The Morgan fingerprint density at radius 1 is 1.25 bits per heavy atom. The fourth-order valence-corrected chi connectivity index (χ4v) is 1.48. The lowest BCUT2D eigenvalue weighted by atomic mass is 10.1. The molecular formula is C11H5ClF2O2. The van der Waals surface area contributed by atoms with Gasteiger partial charge in [0.15, 0.2) is 23.7 Å². The van der Waals surface area contributed by atoms with E-state index < -0.39 is 11.6 Å². The van der Waals surface area contributed by atoms with Crippen molar-refractivity contribution < 1.29 is 18.0 Å². The van der Waals surface area contributed by atoms with E-state index in [2.05, 4.69) is 0 Å². The number of benzene rings is 1. The Bertz CT molecular complexity index is 526. The molecule has 2 nitrogen and oxygen atoms in total. The minimum Gasteiger partial charge on any atom is -0.453 e. The summed E-state index contributed by atoms with van der Waals surface area (Å²) < 4.78 is 31.0. The van der Waals surface area contributed by atoms with E-state index >= 15 is 0 Å². The molecule has 0 bridgehead atoms. The number of hydrogen-bond donors (Lipinski definition) is 0. The van der Waals surface area contributed by atoms with E-state index in [9.17, 15) is 13.6 Å². The van der Waals surface area contributed by atoms with Crippen LogP contribution in [-0.2, 0) is 0 Å². The average Bonchev–Trinajstić information content (AvgIpc) is 2.73. The summed E-state index contributed by atoms with van der Waals surface area (Å²) in [6, 6.07) is 5.09. The molecule has 0 amide bonds. The summed E-state index contributed by atoms with van der Waals surface area (Å²) in [6.07, 6.45) is 0.519. The highest BCUT2D eigenvalue weighted by Gasteiger charge is 2.12.